The second-order valence-electron chi connectivity index (χ2n) is 5.31. The quantitative estimate of drug-likeness (QED) is 0.588. The average molecular weight is 266 g/mol. The highest BCUT2D eigenvalue weighted by Gasteiger charge is 2.51. The Labute approximate surface area is 110 Å². The van der Waals surface area contributed by atoms with Gasteiger partial charge in [0.05, 0.1) is 12.1 Å². The number of nitrogens with zero attached hydrogens (tertiary/aromatic N) is 1. The van der Waals surface area contributed by atoms with Gasteiger partial charge in [0.25, 0.3) is 5.91 Å². The summed E-state index contributed by atoms with van der Waals surface area (Å²) in [5, 5.41) is 6.65. The first-order chi connectivity index (χ1) is 9.16. The van der Waals surface area contributed by atoms with Gasteiger partial charge in [0.1, 0.15) is 5.71 Å². The molecule has 2 fully saturated rings. The van der Waals surface area contributed by atoms with Crippen LogP contribution in [0.2, 0.25) is 0 Å². The maximum atomic E-state index is 12.0. The predicted octanol–water partition coefficient (Wildman–Crippen LogP) is -1.13. The zero-order valence-corrected chi connectivity index (χ0v) is 10.6. The molecular formula is C12H18N4O3. The molecule has 7 heteroatoms. The lowest BCUT2D eigenvalue weighted by Crippen LogP contribution is -2.72. The summed E-state index contributed by atoms with van der Waals surface area (Å²) in [5.74, 6) is -0.0623. The molecule has 19 heavy (non-hydrogen) atoms. The van der Waals surface area contributed by atoms with Crippen molar-refractivity contribution in [2.75, 3.05) is 6.61 Å². The van der Waals surface area contributed by atoms with Gasteiger partial charge in [0.2, 0.25) is 5.91 Å². The van der Waals surface area contributed by atoms with E-state index in [4.69, 9.17) is 10.5 Å². The Kier molecular flexibility index (Phi) is 3.24. The Morgan fingerprint density at radius 1 is 1.47 bits per heavy atom. The summed E-state index contributed by atoms with van der Waals surface area (Å²) in [5.41, 5.74) is 8.74. The van der Waals surface area contributed by atoms with Crippen molar-refractivity contribution in [2.45, 2.75) is 43.9 Å². The maximum Gasteiger partial charge on any atom is 0.267 e. The molecule has 0 aromatic heterocycles. The number of fused-ring (bicyclic) bond motifs is 1. The highest BCUT2D eigenvalue weighted by molar-refractivity contribution is 6.39. The monoisotopic (exact) mass is 266 g/mol. The van der Waals surface area contributed by atoms with Crippen LogP contribution in [0.3, 0.4) is 0 Å². The molecule has 2 amide bonds. The second-order valence-corrected chi connectivity index (χ2v) is 5.31. The van der Waals surface area contributed by atoms with E-state index in [0.29, 0.717) is 24.5 Å². The maximum absolute atomic E-state index is 12.0. The number of carbonyl (C=O) groups excluding carboxylic acids is 2. The minimum absolute atomic E-state index is 0.0338. The summed E-state index contributed by atoms with van der Waals surface area (Å²) in [6.07, 6.45) is 2.80. The van der Waals surface area contributed by atoms with Gasteiger partial charge in [0.15, 0.2) is 0 Å². The number of ether oxygens (including phenoxy) is 1. The fourth-order valence-electron chi connectivity index (χ4n) is 3.00. The van der Waals surface area contributed by atoms with Crippen LogP contribution in [-0.4, -0.2) is 42.3 Å². The molecule has 1 saturated carbocycles. The van der Waals surface area contributed by atoms with Crippen LogP contribution in [0.1, 0.15) is 25.7 Å². The number of amides is 2. The number of hydrogen-bond acceptors (Lipinski definition) is 5. The predicted molar refractivity (Wildman–Crippen MR) is 67.2 cm³/mol. The Bertz CT molecular complexity index is 437. The SMILES string of the molecule is NC1C2CCCOC2C1NC(=O)C1=NNC(=O)CC1. The van der Waals surface area contributed by atoms with Crippen molar-refractivity contribution in [1.82, 2.24) is 10.7 Å². The molecule has 4 N–H and O–H groups in total. The summed E-state index contributed by atoms with van der Waals surface area (Å²) in [4.78, 5) is 23.0. The van der Waals surface area contributed by atoms with Crippen LogP contribution in [0.4, 0.5) is 0 Å². The van der Waals surface area contributed by atoms with Gasteiger partial charge in [-0.25, -0.2) is 5.43 Å². The van der Waals surface area contributed by atoms with E-state index < -0.39 is 0 Å². The Balaban J connectivity index is 1.59. The van der Waals surface area contributed by atoms with Crippen molar-refractivity contribution < 1.29 is 14.3 Å². The van der Waals surface area contributed by atoms with E-state index in [-0.39, 0.29) is 30.0 Å². The molecule has 4 unspecified atom stereocenters. The molecule has 3 aliphatic rings. The first kappa shape index (κ1) is 12.6. The van der Waals surface area contributed by atoms with Crippen LogP contribution < -0.4 is 16.5 Å². The minimum Gasteiger partial charge on any atom is -0.376 e. The average Bonchev–Trinajstić information content (AvgIpc) is 2.45. The van der Waals surface area contributed by atoms with Crippen molar-refractivity contribution >= 4 is 17.5 Å². The van der Waals surface area contributed by atoms with E-state index in [1.807, 2.05) is 0 Å². The highest BCUT2D eigenvalue weighted by Crippen LogP contribution is 2.36. The van der Waals surface area contributed by atoms with Crippen LogP contribution in [0.5, 0.6) is 0 Å². The van der Waals surface area contributed by atoms with Crippen molar-refractivity contribution in [2.24, 2.45) is 16.8 Å². The second kappa shape index (κ2) is 4.90. The van der Waals surface area contributed by atoms with Crippen LogP contribution >= 0.6 is 0 Å². The molecule has 7 nitrogen and oxygen atoms in total. The lowest BCUT2D eigenvalue weighted by molar-refractivity contribution is -0.135. The molecule has 1 aliphatic carbocycles. The minimum atomic E-state index is -0.256. The third-order valence-corrected chi connectivity index (χ3v) is 4.14. The number of rotatable bonds is 2. The van der Waals surface area contributed by atoms with Gasteiger partial charge in [-0.15, -0.1) is 0 Å². The lowest BCUT2D eigenvalue weighted by atomic mass is 9.68. The molecule has 3 rings (SSSR count). The van der Waals surface area contributed by atoms with Crippen molar-refractivity contribution in [3.63, 3.8) is 0 Å². The zero-order chi connectivity index (χ0) is 13.4. The molecule has 104 valence electrons. The molecule has 0 bridgehead atoms. The molecule has 1 saturated heterocycles. The van der Waals surface area contributed by atoms with E-state index in [1.54, 1.807) is 0 Å². The van der Waals surface area contributed by atoms with E-state index in [9.17, 15) is 9.59 Å². The summed E-state index contributed by atoms with van der Waals surface area (Å²) in [6.45, 7) is 0.733. The summed E-state index contributed by atoms with van der Waals surface area (Å²) in [6, 6.07) is -0.189. The number of nitrogens with one attached hydrogen (secondary N) is 2. The van der Waals surface area contributed by atoms with E-state index in [1.165, 1.54) is 0 Å². The smallest absolute Gasteiger partial charge is 0.267 e. The molecule has 0 aromatic carbocycles. The van der Waals surface area contributed by atoms with E-state index in [2.05, 4.69) is 15.8 Å². The lowest BCUT2D eigenvalue weighted by Gasteiger charge is -2.52. The van der Waals surface area contributed by atoms with Gasteiger partial charge in [0, 0.05) is 31.4 Å². The number of hydrazone groups is 1. The van der Waals surface area contributed by atoms with Gasteiger partial charge in [-0.1, -0.05) is 0 Å². The third-order valence-electron chi connectivity index (χ3n) is 4.14. The van der Waals surface area contributed by atoms with Crippen LogP contribution in [-0.2, 0) is 14.3 Å². The highest BCUT2D eigenvalue weighted by atomic mass is 16.5. The molecular weight excluding hydrogens is 248 g/mol. The Morgan fingerprint density at radius 3 is 3.05 bits per heavy atom. The molecule has 0 aromatic rings. The van der Waals surface area contributed by atoms with Crippen molar-refractivity contribution in [3.8, 4) is 0 Å². The largest absolute Gasteiger partial charge is 0.376 e. The normalized spacial score (nSPS) is 37.5. The molecule has 0 radical (unpaired) electrons. The summed E-state index contributed by atoms with van der Waals surface area (Å²) in [7, 11) is 0. The summed E-state index contributed by atoms with van der Waals surface area (Å²) >= 11 is 0. The number of nitrogens with two attached hydrogens (primary N) is 1. The van der Waals surface area contributed by atoms with Crippen LogP contribution in [0, 0.1) is 5.92 Å². The summed E-state index contributed by atoms with van der Waals surface area (Å²) < 4.78 is 5.66. The molecule has 2 aliphatic heterocycles. The molecule has 2 heterocycles. The first-order valence-corrected chi connectivity index (χ1v) is 6.70. The zero-order valence-electron chi connectivity index (χ0n) is 10.6. The van der Waals surface area contributed by atoms with E-state index in [0.717, 1.165) is 19.4 Å². The first-order valence-electron chi connectivity index (χ1n) is 6.70. The van der Waals surface area contributed by atoms with Gasteiger partial charge < -0.3 is 15.8 Å². The van der Waals surface area contributed by atoms with Crippen molar-refractivity contribution in [3.05, 3.63) is 0 Å². The Hall–Kier alpha value is -1.47. The molecule has 4 atom stereocenters. The van der Waals surface area contributed by atoms with Gasteiger partial charge >= 0.3 is 0 Å². The van der Waals surface area contributed by atoms with E-state index >= 15 is 0 Å². The topological polar surface area (TPSA) is 106 Å². The standard InChI is InChI=1S/C12H18N4O3/c13-9-6-2-1-5-19-11(6)10(9)14-12(18)7-3-4-8(17)16-15-7/h6,9-11H,1-5,13H2,(H,14,18)(H,16,17). The number of hydrogen-bond donors (Lipinski definition) is 3. The Morgan fingerprint density at radius 2 is 2.32 bits per heavy atom. The number of carbonyl (C=O) groups is 2. The third kappa shape index (κ3) is 2.23. The molecule has 0 spiro atoms. The van der Waals surface area contributed by atoms with Gasteiger partial charge in [-0.05, 0) is 12.8 Å². The fourth-order valence-corrected chi connectivity index (χ4v) is 3.00. The van der Waals surface area contributed by atoms with Crippen molar-refractivity contribution in [1.29, 1.82) is 0 Å². The van der Waals surface area contributed by atoms with Gasteiger partial charge in [-0.3, -0.25) is 9.59 Å². The fraction of sp³-hybridized carbons (Fsp3) is 0.750. The van der Waals surface area contributed by atoms with Gasteiger partial charge in [-0.2, -0.15) is 5.10 Å². The van der Waals surface area contributed by atoms with Crippen LogP contribution in [0.25, 0.3) is 0 Å². The van der Waals surface area contributed by atoms with Crippen LogP contribution in [0.15, 0.2) is 5.10 Å².